The Balaban J connectivity index is 1.76. The Morgan fingerprint density at radius 3 is 1.33 bits per heavy atom. The van der Waals surface area contributed by atoms with E-state index in [0.717, 1.165) is 25.9 Å². The molecule has 0 unspecified atom stereocenters. The predicted molar refractivity (Wildman–Crippen MR) is 130 cm³/mol. The zero-order valence-electron chi connectivity index (χ0n) is 21.0. The molecule has 1 aromatic carbocycles. The van der Waals surface area contributed by atoms with E-state index >= 15 is 0 Å². The van der Waals surface area contributed by atoms with Crippen LogP contribution < -0.4 is 0 Å². The topological polar surface area (TPSA) is 75.6 Å². The van der Waals surface area contributed by atoms with Crippen molar-refractivity contribution in [2.24, 2.45) is 0 Å². The van der Waals surface area contributed by atoms with E-state index in [0.29, 0.717) is 72.7 Å². The quantitative estimate of drug-likeness (QED) is 0.260. The monoisotopic (exact) mass is 470 g/mol. The zero-order valence-corrected chi connectivity index (χ0v) is 21.0. The number of hydrogen-bond donors (Lipinski definition) is 1. The van der Waals surface area contributed by atoms with Crippen LogP contribution >= 0.6 is 0 Å². The Bertz CT molecular complexity index is 543. The van der Waals surface area contributed by atoms with Crippen molar-refractivity contribution < 1.29 is 33.5 Å². The average molecular weight is 471 g/mol. The van der Waals surface area contributed by atoms with Gasteiger partial charge in [0.15, 0.2) is 0 Å². The van der Waals surface area contributed by atoms with Gasteiger partial charge in [-0.3, -0.25) is 0 Å². The second-order valence-electron chi connectivity index (χ2n) is 8.80. The van der Waals surface area contributed by atoms with Gasteiger partial charge in [0.2, 0.25) is 0 Å². The van der Waals surface area contributed by atoms with Crippen molar-refractivity contribution >= 4 is 0 Å². The van der Waals surface area contributed by atoms with Crippen LogP contribution in [0.15, 0.2) is 24.3 Å². The first-order chi connectivity index (χ1) is 16.0. The van der Waals surface area contributed by atoms with Crippen LogP contribution in [0.4, 0.5) is 0 Å². The molecule has 0 aromatic heterocycles. The van der Waals surface area contributed by atoms with Crippen molar-refractivity contribution in [2.45, 2.75) is 45.4 Å². The molecule has 192 valence electrons. The maximum atomic E-state index is 8.56. The highest BCUT2D eigenvalue weighted by molar-refractivity contribution is 5.27. The summed E-state index contributed by atoms with van der Waals surface area (Å²) < 4.78 is 32.4. The molecule has 0 saturated heterocycles. The summed E-state index contributed by atoms with van der Waals surface area (Å²) in [6, 6.07) is 8.99. The normalized spacial score (nSPS) is 11.9. The van der Waals surface area contributed by atoms with E-state index in [-0.39, 0.29) is 12.0 Å². The van der Waals surface area contributed by atoms with Gasteiger partial charge in [-0.2, -0.15) is 0 Å². The Morgan fingerprint density at radius 1 is 0.545 bits per heavy atom. The van der Waals surface area contributed by atoms with Crippen molar-refractivity contribution in [3.8, 4) is 0 Å². The fourth-order valence-corrected chi connectivity index (χ4v) is 2.97. The summed E-state index contributed by atoms with van der Waals surface area (Å²) in [5.41, 5.74) is 2.99. The lowest BCUT2D eigenvalue weighted by Gasteiger charge is -2.19. The molecule has 0 saturated carbocycles. The lowest BCUT2D eigenvalue weighted by Crippen LogP contribution is -2.14. The van der Waals surface area contributed by atoms with E-state index in [1.807, 2.05) is 0 Å². The summed E-state index contributed by atoms with van der Waals surface area (Å²) in [7, 11) is 0. The van der Waals surface area contributed by atoms with Crippen molar-refractivity contribution in [1.82, 2.24) is 0 Å². The van der Waals surface area contributed by atoms with Crippen LogP contribution in [0.25, 0.3) is 0 Å². The highest BCUT2D eigenvalue weighted by Gasteiger charge is 2.12. The molecule has 0 aliphatic carbocycles. The number of hydrogen-bond acceptors (Lipinski definition) is 7. The largest absolute Gasteiger partial charge is 0.394 e. The third-order valence-electron chi connectivity index (χ3n) is 4.92. The Labute approximate surface area is 200 Å². The minimum absolute atomic E-state index is 0.0381. The van der Waals surface area contributed by atoms with E-state index in [2.05, 4.69) is 45.0 Å². The number of aryl methyl sites for hydroxylation is 1. The van der Waals surface area contributed by atoms with Gasteiger partial charge in [-0.05, 0) is 35.8 Å². The molecule has 0 fully saturated rings. The average Bonchev–Trinajstić information content (AvgIpc) is 2.80. The van der Waals surface area contributed by atoms with E-state index < -0.39 is 0 Å². The van der Waals surface area contributed by atoms with Gasteiger partial charge in [-0.1, -0.05) is 45.0 Å². The van der Waals surface area contributed by atoms with Gasteiger partial charge in [-0.25, -0.2) is 0 Å². The van der Waals surface area contributed by atoms with Gasteiger partial charge in [-0.15, -0.1) is 0 Å². The number of unbranched alkanes of at least 4 members (excludes halogenated alkanes) is 1. The molecule has 1 aromatic rings. The summed E-state index contributed by atoms with van der Waals surface area (Å²) in [6.07, 6.45) is 3.29. The van der Waals surface area contributed by atoms with Gasteiger partial charge < -0.3 is 33.5 Å². The molecule has 0 spiro atoms. The van der Waals surface area contributed by atoms with Crippen LogP contribution in [0.1, 0.15) is 44.7 Å². The standard InChI is InChI=1S/C26H46O7/c1-26(2,3)25-9-7-24(8-10-25)6-4-5-12-28-14-16-30-18-20-32-22-23-33-21-19-31-17-15-29-13-11-27/h7-10,27H,4-6,11-23H2,1-3H3. The zero-order chi connectivity index (χ0) is 24.0. The Hall–Kier alpha value is -1.06. The Kier molecular flexibility index (Phi) is 18.5. The molecule has 7 heteroatoms. The van der Waals surface area contributed by atoms with E-state index in [1.54, 1.807) is 0 Å². The van der Waals surface area contributed by atoms with Gasteiger partial charge >= 0.3 is 0 Å². The fourth-order valence-electron chi connectivity index (χ4n) is 2.97. The second kappa shape index (κ2) is 20.3. The lowest BCUT2D eigenvalue weighted by atomic mass is 9.86. The molecule has 7 nitrogen and oxygen atoms in total. The van der Waals surface area contributed by atoms with Crippen molar-refractivity contribution in [1.29, 1.82) is 0 Å². The molecular weight excluding hydrogens is 424 g/mol. The molecule has 33 heavy (non-hydrogen) atoms. The van der Waals surface area contributed by atoms with Crippen molar-refractivity contribution in [3.63, 3.8) is 0 Å². The number of aliphatic hydroxyl groups is 1. The molecule has 0 amide bonds. The molecule has 0 aliphatic heterocycles. The molecule has 0 atom stereocenters. The summed E-state index contributed by atoms with van der Waals surface area (Å²) in [5, 5.41) is 8.56. The summed E-state index contributed by atoms with van der Waals surface area (Å²) in [6.45, 7) is 13.3. The van der Waals surface area contributed by atoms with Crippen LogP contribution in [0.5, 0.6) is 0 Å². The van der Waals surface area contributed by atoms with Crippen LogP contribution in [-0.4, -0.2) is 91.0 Å². The summed E-state index contributed by atoms with van der Waals surface area (Å²) in [5.74, 6) is 0. The third kappa shape index (κ3) is 18.0. The number of ether oxygens (including phenoxy) is 6. The van der Waals surface area contributed by atoms with Gasteiger partial charge in [0.25, 0.3) is 0 Å². The van der Waals surface area contributed by atoms with Crippen molar-refractivity contribution in [3.05, 3.63) is 35.4 Å². The highest BCUT2D eigenvalue weighted by atomic mass is 16.6. The van der Waals surface area contributed by atoms with Gasteiger partial charge in [0.1, 0.15) is 0 Å². The molecule has 0 heterocycles. The molecular formula is C26H46O7. The summed E-state index contributed by atoms with van der Waals surface area (Å²) >= 11 is 0. The Morgan fingerprint density at radius 2 is 0.939 bits per heavy atom. The van der Waals surface area contributed by atoms with Crippen LogP contribution in [-0.2, 0) is 40.3 Å². The third-order valence-corrected chi connectivity index (χ3v) is 4.92. The SMILES string of the molecule is CC(C)(C)c1ccc(CCCCOCCOCCOCCOCCOCCOCCO)cc1. The lowest BCUT2D eigenvalue weighted by molar-refractivity contribution is -0.0182. The fraction of sp³-hybridized carbons (Fsp3) is 0.769. The maximum Gasteiger partial charge on any atom is 0.0701 e. The minimum atomic E-state index is 0.0381. The highest BCUT2D eigenvalue weighted by Crippen LogP contribution is 2.22. The molecule has 1 N–H and O–H groups in total. The number of benzene rings is 1. The van der Waals surface area contributed by atoms with Crippen LogP contribution in [0.2, 0.25) is 0 Å². The first kappa shape index (κ1) is 30.0. The first-order valence-electron chi connectivity index (χ1n) is 12.2. The number of rotatable bonds is 22. The molecule has 0 bridgehead atoms. The molecule has 1 rings (SSSR count). The van der Waals surface area contributed by atoms with Crippen molar-refractivity contribution in [2.75, 3.05) is 85.9 Å². The smallest absolute Gasteiger partial charge is 0.0701 e. The predicted octanol–water partition coefficient (Wildman–Crippen LogP) is 3.40. The van der Waals surface area contributed by atoms with Crippen LogP contribution in [0, 0.1) is 0 Å². The summed E-state index contributed by atoms with van der Waals surface area (Å²) in [4.78, 5) is 0. The second-order valence-corrected chi connectivity index (χ2v) is 8.80. The molecule has 0 aliphatic rings. The van der Waals surface area contributed by atoms with Crippen LogP contribution in [0.3, 0.4) is 0 Å². The minimum Gasteiger partial charge on any atom is -0.394 e. The first-order valence-corrected chi connectivity index (χ1v) is 12.2. The van der Waals surface area contributed by atoms with E-state index in [4.69, 9.17) is 33.5 Å². The van der Waals surface area contributed by atoms with E-state index in [1.165, 1.54) is 11.1 Å². The van der Waals surface area contributed by atoms with Gasteiger partial charge in [0, 0.05) is 6.61 Å². The van der Waals surface area contributed by atoms with E-state index in [9.17, 15) is 0 Å². The number of aliphatic hydroxyl groups excluding tert-OH is 1. The molecule has 0 radical (unpaired) electrons. The maximum absolute atomic E-state index is 8.56. The van der Waals surface area contributed by atoms with Gasteiger partial charge in [0.05, 0.1) is 79.3 Å².